The third kappa shape index (κ3) is 6.85. The topological polar surface area (TPSA) is 81.4 Å². The van der Waals surface area contributed by atoms with Gasteiger partial charge < -0.3 is 19.7 Å². The van der Waals surface area contributed by atoms with Crippen LogP contribution in [0.15, 0.2) is 42.6 Å². The molecule has 176 valence electrons. The van der Waals surface area contributed by atoms with E-state index in [4.69, 9.17) is 5.26 Å². The fourth-order valence-electron chi connectivity index (χ4n) is 4.38. The maximum atomic E-state index is 13.5. The molecule has 3 amide bonds. The number of hydrogen-bond donors (Lipinski definition) is 1. The van der Waals surface area contributed by atoms with E-state index < -0.39 is 0 Å². The van der Waals surface area contributed by atoms with Gasteiger partial charge in [0.25, 0.3) is 0 Å². The molecule has 1 fully saturated rings. The molecule has 7 heteroatoms. The highest BCUT2D eigenvalue weighted by Crippen LogP contribution is 2.24. The predicted octanol–water partition coefficient (Wildman–Crippen LogP) is 4.75. The molecule has 0 aliphatic heterocycles. The van der Waals surface area contributed by atoms with Gasteiger partial charge in [0, 0.05) is 37.2 Å². The van der Waals surface area contributed by atoms with Crippen molar-refractivity contribution in [3.8, 4) is 6.07 Å². The molecule has 0 radical (unpaired) electrons. The quantitative estimate of drug-likeness (QED) is 0.631. The van der Waals surface area contributed by atoms with Crippen molar-refractivity contribution in [2.24, 2.45) is 13.0 Å². The van der Waals surface area contributed by atoms with Gasteiger partial charge >= 0.3 is 6.03 Å². The molecule has 1 aromatic heterocycles. The molecule has 1 aliphatic carbocycles. The standard InChI is InChI=1S/C26H35N5O2/c1-20(2)17-30(18-24-10-7-15-29(24)3)25(32)19-31(23-8-5-4-6-9-23)26(33)28-22-13-11-21(16-27)12-14-22/h7,10-15,20,23H,4-6,8-9,17-19H2,1-3H3,(H,28,33). The highest BCUT2D eigenvalue weighted by molar-refractivity contribution is 5.92. The number of nitriles is 1. The van der Waals surface area contributed by atoms with Crippen molar-refractivity contribution >= 4 is 17.6 Å². The number of amides is 3. The maximum absolute atomic E-state index is 13.5. The number of urea groups is 1. The molecule has 1 aliphatic rings. The Morgan fingerprint density at radius 1 is 1.15 bits per heavy atom. The van der Waals surface area contributed by atoms with Crippen LogP contribution in [0.2, 0.25) is 0 Å². The first-order valence-electron chi connectivity index (χ1n) is 11.8. The molecular weight excluding hydrogens is 414 g/mol. The van der Waals surface area contributed by atoms with Gasteiger partial charge in [-0.15, -0.1) is 0 Å². The highest BCUT2D eigenvalue weighted by Gasteiger charge is 2.29. The molecule has 1 heterocycles. The fourth-order valence-corrected chi connectivity index (χ4v) is 4.38. The second kappa shape index (κ2) is 11.6. The highest BCUT2D eigenvalue weighted by atomic mass is 16.2. The molecule has 1 aromatic carbocycles. The van der Waals surface area contributed by atoms with E-state index in [2.05, 4.69) is 25.2 Å². The summed E-state index contributed by atoms with van der Waals surface area (Å²) in [5, 5.41) is 11.9. The number of rotatable bonds is 8. The van der Waals surface area contributed by atoms with Gasteiger partial charge in [0.2, 0.25) is 5.91 Å². The van der Waals surface area contributed by atoms with Gasteiger partial charge in [-0.3, -0.25) is 4.79 Å². The first kappa shape index (κ1) is 24.4. The molecule has 1 N–H and O–H groups in total. The number of hydrogen-bond acceptors (Lipinski definition) is 3. The fraction of sp³-hybridized carbons (Fsp3) is 0.500. The van der Waals surface area contributed by atoms with E-state index in [0.29, 0.717) is 30.3 Å². The molecule has 0 saturated heterocycles. The summed E-state index contributed by atoms with van der Waals surface area (Å²) in [4.78, 5) is 30.3. The number of anilines is 1. The molecule has 1 saturated carbocycles. The first-order chi connectivity index (χ1) is 15.9. The molecule has 0 unspecified atom stereocenters. The molecular formula is C26H35N5O2. The second-order valence-electron chi connectivity index (χ2n) is 9.32. The zero-order valence-corrected chi connectivity index (χ0v) is 20.0. The summed E-state index contributed by atoms with van der Waals surface area (Å²) in [6, 6.07) is 12.7. The van der Waals surface area contributed by atoms with Crippen LogP contribution in [-0.2, 0) is 18.4 Å². The predicted molar refractivity (Wildman–Crippen MR) is 129 cm³/mol. The van der Waals surface area contributed by atoms with E-state index in [9.17, 15) is 9.59 Å². The Kier molecular flexibility index (Phi) is 8.53. The van der Waals surface area contributed by atoms with Crippen molar-refractivity contribution in [2.45, 2.75) is 58.5 Å². The summed E-state index contributed by atoms with van der Waals surface area (Å²) in [5.41, 5.74) is 2.22. The normalized spacial score (nSPS) is 14.0. The van der Waals surface area contributed by atoms with Crippen molar-refractivity contribution in [3.05, 3.63) is 53.9 Å². The van der Waals surface area contributed by atoms with Crippen LogP contribution in [-0.4, -0.2) is 45.4 Å². The zero-order valence-electron chi connectivity index (χ0n) is 20.0. The number of carbonyl (C=O) groups excluding carboxylic acids is 2. The Morgan fingerprint density at radius 3 is 2.42 bits per heavy atom. The summed E-state index contributed by atoms with van der Waals surface area (Å²) < 4.78 is 2.02. The molecule has 0 spiro atoms. The molecule has 0 atom stereocenters. The Labute approximate surface area is 197 Å². The third-order valence-electron chi connectivity index (χ3n) is 6.19. The van der Waals surface area contributed by atoms with Crippen LogP contribution in [0.5, 0.6) is 0 Å². The minimum atomic E-state index is -0.261. The van der Waals surface area contributed by atoms with Crippen molar-refractivity contribution in [1.82, 2.24) is 14.4 Å². The van der Waals surface area contributed by atoms with Crippen molar-refractivity contribution in [1.29, 1.82) is 5.26 Å². The summed E-state index contributed by atoms with van der Waals surface area (Å²) in [7, 11) is 1.98. The molecule has 7 nitrogen and oxygen atoms in total. The lowest BCUT2D eigenvalue weighted by atomic mass is 9.94. The average molecular weight is 450 g/mol. The minimum absolute atomic E-state index is 0.0366. The van der Waals surface area contributed by atoms with Crippen molar-refractivity contribution < 1.29 is 9.59 Å². The van der Waals surface area contributed by atoms with Crippen molar-refractivity contribution in [2.75, 3.05) is 18.4 Å². The van der Waals surface area contributed by atoms with Gasteiger partial charge in [0.15, 0.2) is 0 Å². The number of nitrogens with one attached hydrogen (secondary N) is 1. The molecule has 2 aromatic rings. The van der Waals surface area contributed by atoms with E-state index in [1.165, 1.54) is 6.42 Å². The van der Waals surface area contributed by atoms with Crippen LogP contribution in [0.25, 0.3) is 0 Å². The Balaban J connectivity index is 1.76. The monoisotopic (exact) mass is 449 g/mol. The molecule has 0 bridgehead atoms. The SMILES string of the molecule is CC(C)CN(Cc1cccn1C)C(=O)CN(C(=O)Nc1ccc(C#N)cc1)C1CCCCC1. The Morgan fingerprint density at radius 2 is 1.85 bits per heavy atom. The summed E-state index contributed by atoms with van der Waals surface area (Å²) in [6.07, 6.45) is 7.11. The number of nitrogens with zero attached hydrogens (tertiary/aromatic N) is 4. The number of aromatic nitrogens is 1. The zero-order chi connectivity index (χ0) is 23.8. The number of aryl methyl sites for hydroxylation is 1. The van der Waals surface area contributed by atoms with Gasteiger partial charge in [-0.2, -0.15) is 5.26 Å². The maximum Gasteiger partial charge on any atom is 0.322 e. The first-order valence-corrected chi connectivity index (χ1v) is 11.8. The van der Waals surface area contributed by atoms with E-state index in [0.717, 1.165) is 31.4 Å². The average Bonchev–Trinajstić information content (AvgIpc) is 3.21. The van der Waals surface area contributed by atoms with Crippen LogP contribution < -0.4 is 5.32 Å². The van der Waals surface area contributed by atoms with Gasteiger partial charge in [-0.1, -0.05) is 33.1 Å². The van der Waals surface area contributed by atoms with Gasteiger partial charge in [-0.25, -0.2) is 4.79 Å². The van der Waals surface area contributed by atoms with Crippen LogP contribution >= 0.6 is 0 Å². The number of benzene rings is 1. The van der Waals surface area contributed by atoms with E-state index >= 15 is 0 Å². The van der Waals surface area contributed by atoms with Crippen LogP contribution in [0.3, 0.4) is 0 Å². The van der Waals surface area contributed by atoms with E-state index in [1.54, 1.807) is 29.2 Å². The lowest BCUT2D eigenvalue weighted by Gasteiger charge is -2.35. The second-order valence-corrected chi connectivity index (χ2v) is 9.32. The Bertz CT molecular complexity index is 967. The van der Waals surface area contributed by atoms with Crippen LogP contribution in [0.4, 0.5) is 10.5 Å². The lowest BCUT2D eigenvalue weighted by molar-refractivity contribution is -0.133. The molecule has 3 rings (SSSR count). The van der Waals surface area contributed by atoms with Crippen LogP contribution in [0, 0.1) is 17.2 Å². The summed E-state index contributed by atoms with van der Waals surface area (Å²) in [6.45, 7) is 5.42. The molecule has 33 heavy (non-hydrogen) atoms. The van der Waals surface area contributed by atoms with Crippen molar-refractivity contribution in [3.63, 3.8) is 0 Å². The summed E-state index contributed by atoms with van der Waals surface area (Å²) in [5.74, 6) is 0.287. The smallest absolute Gasteiger partial charge is 0.322 e. The number of carbonyl (C=O) groups is 2. The third-order valence-corrected chi connectivity index (χ3v) is 6.19. The largest absolute Gasteiger partial charge is 0.353 e. The van der Waals surface area contributed by atoms with Gasteiger partial charge in [-0.05, 0) is 55.2 Å². The van der Waals surface area contributed by atoms with Gasteiger partial charge in [0.05, 0.1) is 18.2 Å². The lowest BCUT2D eigenvalue weighted by Crippen LogP contribution is -2.50. The Hall–Kier alpha value is -3.27. The van der Waals surface area contributed by atoms with Gasteiger partial charge in [0.1, 0.15) is 6.54 Å². The van der Waals surface area contributed by atoms with E-state index in [-0.39, 0.29) is 24.5 Å². The summed E-state index contributed by atoms with van der Waals surface area (Å²) >= 11 is 0. The minimum Gasteiger partial charge on any atom is -0.353 e. The van der Waals surface area contributed by atoms with Crippen LogP contribution in [0.1, 0.15) is 57.2 Å². The van der Waals surface area contributed by atoms with E-state index in [1.807, 2.05) is 34.8 Å².